The van der Waals surface area contributed by atoms with E-state index in [9.17, 15) is 4.79 Å². The zero-order valence-electron chi connectivity index (χ0n) is 14.1. The van der Waals surface area contributed by atoms with Crippen molar-refractivity contribution in [2.45, 2.75) is 38.7 Å². The zero-order chi connectivity index (χ0) is 16.9. The Bertz CT molecular complexity index is 632. The fraction of sp³-hybridized carbons (Fsp3) is 0.444. The van der Waals surface area contributed by atoms with Gasteiger partial charge in [0.2, 0.25) is 5.91 Å². The highest BCUT2D eigenvalue weighted by Gasteiger charge is 2.19. The topological polar surface area (TPSA) is 51.2 Å². The molecular formula is C18H24N2O2S. The molecule has 5 heteroatoms. The highest BCUT2D eigenvalue weighted by atomic mass is 32.1. The van der Waals surface area contributed by atoms with E-state index in [1.807, 2.05) is 35.7 Å². The van der Waals surface area contributed by atoms with Gasteiger partial charge in [-0.3, -0.25) is 4.79 Å². The van der Waals surface area contributed by atoms with E-state index in [0.717, 1.165) is 16.3 Å². The summed E-state index contributed by atoms with van der Waals surface area (Å²) in [6, 6.07) is 9.88. The first-order valence-electron chi connectivity index (χ1n) is 7.69. The molecule has 0 aliphatic rings. The van der Waals surface area contributed by atoms with Crippen LogP contribution in [-0.4, -0.2) is 24.5 Å². The maximum absolute atomic E-state index is 12.1. The van der Waals surface area contributed by atoms with E-state index in [-0.39, 0.29) is 17.4 Å². The van der Waals surface area contributed by atoms with Crippen LogP contribution in [0.25, 0.3) is 0 Å². The van der Waals surface area contributed by atoms with Gasteiger partial charge in [0.05, 0.1) is 23.2 Å². The lowest BCUT2D eigenvalue weighted by atomic mass is 9.98. The van der Waals surface area contributed by atoms with Crippen molar-refractivity contribution in [2.24, 2.45) is 0 Å². The largest absolute Gasteiger partial charge is 0.375 e. The van der Waals surface area contributed by atoms with E-state index >= 15 is 0 Å². The monoisotopic (exact) mass is 332 g/mol. The molecule has 0 aliphatic carbocycles. The first-order chi connectivity index (χ1) is 10.9. The minimum absolute atomic E-state index is 0.0217. The number of rotatable bonds is 6. The van der Waals surface area contributed by atoms with Gasteiger partial charge in [-0.25, -0.2) is 4.98 Å². The summed E-state index contributed by atoms with van der Waals surface area (Å²) in [6.07, 6.45) is 0.165. The molecule has 1 atom stereocenters. The van der Waals surface area contributed by atoms with Crippen LogP contribution in [0.15, 0.2) is 35.7 Å². The van der Waals surface area contributed by atoms with Gasteiger partial charge in [-0.1, -0.05) is 51.1 Å². The standard InChI is InChI=1S/C18H24N2O2S/c1-18(2,3)17-20-14(12-23-17)10-16(21)19-11-15(22-4)13-8-6-5-7-9-13/h5-9,12,15H,10-11H2,1-4H3,(H,19,21)/t15-/m0/s1. The third kappa shape index (κ3) is 5.15. The highest BCUT2D eigenvalue weighted by Crippen LogP contribution is 2.25. The molecule has 23 heavy (non-hydrogen) atoms. The molecule has 1 N–H and O–H groups in total. The Kier molecular flexibility index (Phi) is 5.91. The number of benzene rings is 1. The highest BCUT2D eigenvalue weighted by molar-refractivity contribution is 7.09. The lowest BCUT2D eigenvalue weighted by molar-refractivity contribution is -0.121. The van der Waals surface area contributed by atoms with Crippen molar-refractivity contribution in [3.05, 3.63) is 52.0 Å². The molecule has 0 spiro atoms. The van der Waals surface area contributed by atoms with Crippen LogP contribution in [0.1, 0.15) is 43.1 Å². The van der Waals surface area contributed by atoms with Crippen LogP contribution in [0.4, 0.5) is 0 Å². The Morgan fingerprint density at radius 3 is 2.57 bits per heavy atom. The first-order valence-corrected chi connectivity index (χ1v) is 8.57. The molecule has 1 aromatic heterocycles. The van der Waals surface area contributed by atoms with Gasteiger partial charge < -0.3 is 10.1 Å². The van der Waals surface area contributed by atoms with Crippen molar-refractivity contribution in [3.8, 4) is 0 Å². The lowest BCUT2D eigenvalue weighted by Crippen LogP contribution is -2.30. The van der Waals surface area contributed by atoms with Crippen molar-refractivity contribution in [2.75, 3.05) is 13.7 Å². The number of hydrogen-bond donors (Lipinski definition) is 1. The second kappa shape index (κ2) is 7.70. The molecule has 0 saturated heterocycles. The predicted molar refractivity (Wildman–Crippen MR) is 93.7 cm³/mol. The summed E-state index contributed by atoms with van der Waals surface area (Å²) in [5.41, 5.74) is 1.90. The quantitative estimate of drug-likeness (QED) is 0.881. The normalized spacial score (nSPS) is 12.9. The van der Waals surface area contributed by atoms with E-state index in [1.165, 1.54) is 0 Å². The fourth-order valence-electron chi connectivity index (χ4n) is 2.17. The van der Waals surface area contributed by atoms with E-state index < -0.39 is 0 Å². The minimum Gasteiger partial charge on any atom is -0.375 e. The molecule has 124 valence electrons. The Labute approximate surface area is 141 Å². The molecule has 0 unspecified atom stereocenters. The maximum Gasteiger partial charge on any atom is 0.226 e. The second-order valence-electron chi connectivity index (χ2n) is 6.51. The summed E-state index contributed by atoms with van der Waals surface area (Å²) in [5.74, 6) is -0.0336. The van der Waals surface area contributed by atoms with Gasteiger partial charge in [-0.2, -0.15) is 0 Å². The number of carbonyl (C=O) groups is 1. The Morgan fingerprint density at radius 2 is 2.00 bits per heavy atom. The summed E-state index contributed by atoms with van der Waals surface area (Å²) in [7, 11) is 1.65. The molecule has 2 aromatic rings. The van der Waals surface area contributed by atoms with Crippen LogP contribution >= 0.6 is 11.3 Å². The third-order valence-corrected chi connectivity index (χ3v) is 4.79. The number of carbonyl (C=O) groups excluding carboxylic acids is 1. The predicted octanol–water partition coefficient (Wildman–Crippen LogP) is 3.49. The molecule has 1 heterocycles. The number of thiazole rings is 1. The van der Waals surface area contributed by atoms with Crippen molar-refractivity contribution in [1.29, 1.82) is 0 Å². The number of hydrogen-bond acceptors (Lipinski definition) is 4. The smallest absolute Gasteiger partial charge is 0.226 e. The van der Waals surface area contributed by atoms with Gasteiger partial charge in [0.15, 0.2) is 0 Å². The van der Waals surface area contributed by atoms with Crippen LogP contribution < -0.4 is 5.32 Å². The van der Waals surface area contributed by atoms with E-state index in [4.69, 9.17) is 4.74 Å². The minimum atomic E-state index is -0.138. The Balaban J connectivity index is 1.88. The van der Waals surface area contributed by atoms with E-state index in [2.05, 4.69) is 31.1 Å². The molecule has 1 amide bonds. The fourth-order valence-corrected chi connectivity index (χ4v) is 3.08. The van der Waals surface area contributed by atoms with Gasteiger partial charge in [0, 0.05) is 24.4 Å². The van der Waals surface area contributed by atoms with Crippen LogP contribution in [0.3, 0.4) is 0 Å². The van der Waals surface area contributed by atoms with Crippen molar-refractivity contribution in [3.63, 3.8) is 0 Å². The second-order valence-corrected chi connectivity index (χ2v) is 7.37. The number of methoxy groups -OCH3 is 1. The Morgan fingerprint density at radius 1 is 1.30 bits per heavy atom. The van der Waals surface area contributed by atoms with Gasteiger partial charge >= 0.3 is 0 Å². The molecule has 0 bridgehead atoms. The molecule has 0 aliphatic heterocycles. The number of aromatic nitrogens is 1. The van der Waals surface area contributed by atoms with Crippen LogP contribution in [0.2, 0.25) is 0 Å². The van der Waals surface area contributed by atoms with Crippen LogP contribution in [-0.2, 0) is 21.4 Å². The lowest BCUT2D eigenvalue weighted by Gasteiger charge is -2.16. The molecular weight excluding hydrogens is 308 g/mol. The Hall–Kier alpha value is -1.72. The first kappa shape index (κ1) is 17.6. The SMILES string of the molecule is CO[C@@H](CNC(=O)Cc1csc(C(C)(C)C)n1)c1ccccc1. The maximum atomic E-state index is 12.1. The average Bonchev–Trinajstić information content (AvgIpc) is 2.97. The van der Waals surface area contributed by atoms with Crippen molar-refractivity contribution >= 4 is 17.2 Å². The molecule has 1 aromatic carbocycles. The van der Waals surface area contributed by atoms with Gasteiger partial charge in [-0.15, -0.1) is 11.3 Å². The third-order valence-electron chi connectivity index (χ3n) is 3.48. The molecule has 0 fully saturated rings. The summed E-state index contributed by atoms with van der Waals surface area (Å²) in [4.78, 5) is 16.7. The molecule has 0 radical (unpaired) electrons. The summed E-state index contributed by atoms with van der Waals surface area (Å²) in [6.45, 7) is 6.83. The number of nitrogens with zero attached hydrogens (tertiary/aromatic N) is 1. The molecule has 4 nitrogen and oxygen atoms in total. The average molecular weight is 332 g/mol. The van der Waals surface area contributed by atoms with Gasteiger partial charge in [0.1, 0.15) is 0 Å². The van der Waals surface area contributed by atoms with Gasteiger partial charge in [-0.05, 0) is 5.56 Å². The van der Waals surface area contributed by atoms with Crippen molar-refractivity contribution in [1.82, 2.24) is 10.3 Å². The summed E-state index contributed by atoms with van der Waals surface area (Å²) in [5, 5.41) is 5.95. The molecule has 2 rings (SSSR count). The number of ether oxygens (including phenoxy) is 1. The zero-order valence-corrected chi connectivity index (χ0v) is 14.9. The van der Waals surface area contributed by atoms with Crippen LogP contribution in [0, 0.1) is 0 Å². The van der Waals surface area contributed by atoms with Crippen LogP contribution in [0.5, 0.6) is 0 Å². The molecule has 0 saturated carbocycles. The van der Waals surface area contributed by atoms with Gasteiger partial charge in [0.25, 0.3) is 0 Å². The van der Waals surface area contributed by atoms with E-state index in [1.54, 1.807) is 18.4 Å². The van der Waals surface area contributed by atoms with E-state index in [0.29, 0.717) is 13.0 Å². The number of nitrogens with one attached hydrogen (secondary N) is 1. The van der Waals surface area contributed by atoms with Crippen molar-refractivity contribution < 1.29 is 9.53 Å². The number of amides is 1. The summed E-state index contributed by atoms with van der Waals surface area (Å²) < 4.78 is 5.46. The summed E-state index contributed by atoms with van der Waals surface area (Å²) >= 11 is 1.61.